The summed E-state index contributed by atoms with van der Waals surface area (Å²) in [5.41, 5.74) is -4.09. The zero-order valence-corrected chi connectivity index (χ0v) is 10.9. The van der Waals surface area contributed by atoms with E-state index < -0.39 is 24.2 Å². The smallest absolute Gasteiger partial charge is 0.388 e. The third-order valence-electron chi connectivity index (χ3n) is 2.44. The van der Waals surface area contributed by atoms with Crippen LogP contribution in [0.5, 0.6) is 0 Å². The molecule has 0 saturated heterocycles. The average Bonchev–Trinajstić information content (AvgIpc) is 2.25. The van der Waals surface area contributed by atoms with Crippen LogP contribution < -0.4 is 0 Å². The van der Waals surface area contributed by atoms with Gasteiger partial charge in [-0.25, -0.2) is 0 Å². The molecule has 0 fully saturated rings. The zero-order valence-electron chi connectivity index (χ0n) is 10.1. The van der Waals surface area contributed by atoms with Crippen LogP contribution in [0, 0.1) is 0 Å². The summed E-state index contributed by atoms with van der Waals surface area (Å²) in [7, 11) is 0. The van der Waals surface area contributed by atoms with Crippen molar-refractivity contribution in [3.05, 3.63) is 29.8 Å². The number of halogens is 6. The summed E-state index contributed by atoms with van der Waals surface area (Å²) in [4.78, 5) is -0.0382. The van der Waals surface area contributed by atoms with Gasteiger partial charge in [0.1, 0.15) is 0 Å². The highest BCUT2D eigenvalue weighted by molar-refractivity contribution is 8.00. The van der Waals surface area contributed by atoms with E-state index in [-0.39, 0.29) is 29.5 Å². The molecule has 0 aromatic heterocycles. The molecule has 0 heterocycles. The van der Waals surface area contributed by atoms with Crippen LogP contribution in [0.25, 0.3) is 0 Å². The van der Waals surface area contributed by atoms with Gasteiger partial charge in [0.05, 0.1) is 6.10 Å². The zero-order chi connectivity index (χ0) is 15.4. The highest BCUT2D eigenvalue weighted by Gasteiger charge is 2.29. The first-order chi connectivity index (χ1) is 9.07. The maximum atomic E-state index is 12.1. The minimum absolute atomic E-state index is 0.0382. The number of aliphatic hydroxyl groups excluding tert-OH is 1. The van der Waals surface area contributed by atoms with Gasteiger partial charge in [0.25, 0.3) is 0 Å². The van der Waals surface area contributed by atoms with Crippen LogP contribution in [0.3, 0.4) is 0 Å². The molecule has 1 nitrogen and oxygen atoms in total. The minimum Gasteiger partial charge on any atom is -0.388 e. The third kappa shape index (κ3) is 7.04. The molecule has 20 heavy (non-hydrogen) atoms. The fourth-order valence-electron chi connectivity index (χ4n) is 1.55. The Morgan fingerprint density at radius 2 is 1.55 bits per heavy atom. The van der Waals surface area contributed by atoms with Gasteiger partial charge < -0.3 is 5.11 Å². The lowest BCUT2D eigenvalue weighted by Crippen LogP contribution is -2.08. The molecule has 1 aromatic rings. The SMILES string of the molecule is OC(CCCC(F)(F)F)c1ccc(SC(F)(F)F)cc1. The second kappa shape index (κ2) is 6.71. The topological polar surface area (TPSA) is 20.2 Å². The normalized spacial score (nSPS) is 14.3. The second-order valence-corrected chi connectivity index (χ2v) is 5.28. The molecule has 1 aromatic carbocycles. The van der Waals surface area contributed by atoms with E-state index in [4.69, 9.17) is 0 Å². The molecule has 1 atom stereocenters. The molecule has 1 unspecified atom stereocenters. The van der Waals surface area contributed by atoms with Gasteiger partial charge in [-0.3, -0.25) is 0 Å². The van der Waals surface area contributed by atoms with E-state index in [9.17, 15) is 31.4 Å². The van der Waals surface area contributed by atoms with Crippen molar-refractivity contribution in [2.24, 2.45) is 0 Å². The first-order valence-electron chi connectivity index (χ1n) is 5.67. The van der Waals surface area contributed by atoms with Gasteiger partial charge in [-0.05, 0) is 42.3 Å². The van der Waals surface area contributed by atoms with Crippen molar-refractivity contribution < 1.29 is 31.4 Å². The fourth-order valence-corrected chi connectivity index (χ4v) is 2.09. The fraction of sp³-hybridized carbons (Fsp3) is 0.500. The van der Waals surface area contributed by atoms with E-state index in [2.05, 4.69) is 0 Å². The van der Waals surface area contributed by atoms with Crippen LogP contribution in [-0.2, 0) is 0 Å². The first kappa shape index (κ1) is 17.2. The lowest BCUT2D eigenvalue weighted by atomic mass is 10.0. The molecule has 114 valence electrons. The number of alkyl halides is 6. The summed E-state index contributed by atoms with van der Waals surface area (Å²) in [5, 5.41) is 9.64. The standard InChI is InChI=1S/C12H12F6OS/c13-11(14,15)7-1-2-10(19)8-3-5-9(6-4-8)20-12(16,17)18/h3-6,10,19H,1-2,7H2. The number of benzene rings is 1. The van der Waals surface area contributed by atoms with E-state index in [0.717, 1.165) is 0 Å². The number of aliphatic hydroxyl groups is 1. The van der Waals surface area contributed by atoms with Crippen LogP contribution in [-0.4, -0.2) is 16.8 Å². The first-order valence-corrected chi connectivity index (χ1v) is 6.49. The van der Waals surface area contributed by atoms with Crippen molar-refractivity contribution in [1.29, 1.82) is 0 Å². The predicted octanol–water partition coefficient (Wildman–Crippen LogP) is 5.06. The van der Waals surface area contributed by atoms with Gasteiger partial charge in [-0.2, -0.15) is 26.3 Å². The summed E-state index contributed by atoms with van der Waals surface area (Å²) < 4.78 is 72.0. The Morgan fingerprint density at radius 1 is 1.00 bits per heavy atom. The van der Waals surface area contributed by atoms with Crippen LogP contribution in [0.15, 0.2) is 29.2 Å². The van der Waals surface area contributed by atoms with Gasteiger partial charge in [-0.15, -0.1) is 0 Å². The Morgan fingerprint density at radius 3 is 2.00 bits per heavy atom. The van der Waals surface area contributed by atoms with E-state index in [1.54, 1.807) is 0 Å². The Labute approximate surface area is 116 Å². The lowest BCUT2D eigenvalue weighted by Gasteiger charge is -2.13. The monoisotopic (exact) mass is 318 g/mol. The molecular formula is C12H12F6OS. The Bertz CT molecular complexity index is 411. The Kier molecular flexibility index (Phi) is 5.76. The molecule has 0 bridgehead atoms. The van der Waals surface area contributed by atoms with Gasteiger partial charge in [-0.1, -0.05) is 12.1 Å². The average molecular weight is 318 g/mol. The molecule has 1 N–H and O–H groups in total. The van der Waals surface area contributed by atoms with Gasteiger partial charge in [0.2, 0.25) is 0 Å². The Hall–Kier alpha value is -0.890. The molecule has 0 radical (unpaired) electrons. The molecule has 0 aliphatic carbocycles. The summed E-state index contributed by atoms with van der Waals surface area (Å²) in [6, 6.07) is 4.93. The largest absolute Gasteiger partial charge is 0.446 e. The highest BCUT2D eigenvalue weighted by Crippen LogP contribution is 2.37. The van der Waals surface area contributed by atoms with Crippen molar-refractivity contribution >= 4 is 11.8 Å². The van der Waals surface area contributed by atoms with E-state index >= 15 is 0 Å². The molecule has 1 rings (SSSR count). The van der Waals surface area contributed by atoms with Crippen LogP contribution >= 0.6 is 11.8 Å². The minimum atomic E-state index is -4.40. The lowest BCUT2D eigenvalue weighted by molar-refractivity contribution is -0.136. The van der Waals surface area contributed by atoms with Crippen molar-refractivity contribution in [3.8, 4) is 0 Å². The van der Waals surface area contributed by atoms with Crippen LogP contribution in [0.4, 0.5) is 26.3 Å². The molecule has 0 amide bonds. The van der Waals surface area contributed by atoms with Crippen LogP contribution in [0.2, 0.25) is 0 Å². The molecule has 0 spiro atoms. The van der Waals surface area contributed by atoms with Gasteiger partial charge in [0, 0.05) is 11.3 Å². The number of rotatable bonds is 5. The third-order valence-corrected chi connectivity index (χ3v) is 3.18. The predicted molar refractivity (Wildman–Crippen MR) is 63.2 cm³/mol. The molecule has 8 heteroatoms. The quantitative estimate of drug-likeness (QED) is 0.604. The highest BCUT2D eigenvalue weighted by atomic mass is 32.2. The van der Waals surface area contributed by atoms with Crippen molar-refractivity contribution in [1.82, 2.24) is 0 Å². The molecule has 0 aliphatic rings. The molecule has 0 saturated carbocycles. The Balaban J connectivity index is 2.51. The number of hydrogen-bond acceptors (Lipinski definition) is 2. The molecule has 0 aliphatic heterocycles. The van der Waals surface area contributed by atoms with E-state index in [1.807, 2.05) is 0 Å². The number of thioether (sulfide) groups is 1. The van der Waals surface area contributed by atoms with E-state index in [0.29, 0.717) is 5.56 Å². The van der Waals surface area contributed by atoms with E-state index in [1.165, 1.54) is 24.3 Å². The maximum absolute atomic E-state index is 12.1. The van der Waals surface area contributed by atoms with Gasteiger partial charge in [0.15, 0.2) is 0 Å². The summed E-state index contributed by atoms with van der Waals surface area (Å²) in [6.07, 6.45) is -6.70. The van der Waals surface area contributed by atoms with Gasteiger partial charge >= 0.3 is 11.7 Å². The summed E-state index contributed by atoms with van der Waals surface area (Å²) in [6.45, 7) is 0. The summed E-state index contributed by atoms with van der Waals surface area (Å²) in [5.74, 6) is 0. The second-order valence-electron chi connectivity index (χ2n) is 4.14. The van der Waals surface area contributed by atoms with Crippen molar-refractivity contribution in [2.45, 2.75) is 41.9 Å². The van der Waals surface area contributed by atoms with Crippen molar-refractivity contribution in [3.63, 3.8) is 0 Å². The number of hydrogen-bond donors (Lipinski definition) is 1. The van der Waals surface area contributed by atoms with Crippen molar-refractivity contribution in [2.75, 3.05) is 0 Å². The molecular weight excluding hydrogens is 306 g/mol. The summed E-state index contributed by atoms with van der Waals surface area (Å²) >= 11 is -0.288. The van der Waals surface area contributed by atoms with Crippen LogP contribution in [0.1, 0.15) is 30.9 Å². The maximum Gasteiger partial charge on any atom is 0.446 e.